The van der Waals surface area contributed by atoms with Gasteiger partial charge in [0.25, 0.3) is 10.0 Å². The molecule has 0 unspecified atom stereocenters. The molecule has 0 atom stereocenters. The molecular weight excluding hydrogens is 411 g/mol. The lowest BCUT2D eigenvalue weighted by molar-refractivity contribution is -0.139. The van der Waals surface area contributed by atoms with Crippen LogP contribution in [0.15, 0.2) is 47.4 Å². The highest BCUT2D eigenvalue weighted by atomic mass is 32.2. The summed E-state index contributed by atoms with van der Waals surface area (Å²) < 4.78 is 72.5. The van der Waals surface area contributed by atoms with Crippen molar-refractivity contribution in [3.8, 4) is 5.75 Å². The number of carbonyl (C=O) groups is 1. The summed E-state index contributed by atoms with van der Waals surface area (Å²) in [5.74, 6) is -1.77. The van der Waals surface area contributed by atoms with Crippen molar-refractivity contribution in [2.45, 2.75) is 24.4 Å². The van der Waals surface area contributed by atoms with E-state index in [-0.39, 0.29) is 27.1 Å². The zero-order chi connectivity index (χ0) is 21.6. The van der Waals surface area contributed by atoms with E-state index in [0.717, 1.165) is 17.1 Å². The summed E-state index contributed by atoms with van der Waals surface area (Å²) in [6.07, 6.45) is -5.36. The van der Waals surface area contributed by atoms with Gasteiger partial charge in [-0.2, -0.15) is 13.2 Å². The Bertz CT molecular complexity index is 1200. The maximum Gasteiger partial charge on any atom is 0.420 e. The fourth-order valence-corrected chi connectivity index (χ4v) is 4.84. The molecule has 0 saturated carbocycles. The van der Waals surface area contributed by atoms with Crippen molar-refractivity contribution >= 4 is 26.9 Å². The Morgan fingerprint density at radius 3 is 2.31 bits per heavy atom. The summed E-state index contributed by atoms with van der Waals surface area (Å²) in [7, 11) is -3.22. The number of benzene rings is 2. The fourth-order valence-electron chi connectivity index (χ4n) is 3.25. The van der Waals surface area contributed by atoms with Crippen LogP contribution in [0.1, 0.15) is 16.8 Å². The zero-order valence-corrected chi connectivity index (χ0v) is 16.1. The first kappa shape index (κ1) is 20.7. The quantitative estimate of drug-likeness (QED) is 0.669. The molecule has 0 saturated heterocycles. The van der Waals surface area contributed by atoms with E-state index in [4.69, 9.17) is 4.74 Å². The molecule has 0 fully saturated rings. The number of aromatic nitrogens is 1. The number of hydrogen-bond acceptors (Lipinski definition) is 4. The molecule has 0 bridgehead atoms. The number of rotatable bonds is 5. The second-order valence-corrected chi connectivity index (χ2v) is 8.07. The predicted octanol–water partition coefficient (Wildman–Crippen LogP) is 3.84. The minimum Gasteiger partial charge on any atom is -0.496 e. The smallest absolute Gasteiger partial charge is 0.420 e. The van der Waals surface area contributed by atoms with Gasteiger partial charge in [-0.25, -0.2) is 12.4 Å². The number of aliphatic carboxylic acids is 1. The summed E-state index contributed by atoms with van der Waals surface area (Å²) >= 11 is 0. The standard InChI is InChI=1S/C19H16F3NO5S/c1-11-13(9-18(24)25)14-8-17(28-2)15(19(20,21)22)10-16(14)23(11)29(26,27)12-6-4-3-5-7-12/h3-8,10H,9H2,1-2H3,(H,24,25). The molecule has 0 amide bonds. The van der Waals surface area contributed by atoms with Crippen LogP contribution in [0.3, 0.4) is 0 Å². The number of fused-ring (bicyclic) bond motifs is 1. The van der Waals surface area contributed by atoms with Gasteiger partial charge in [-0.05, 0) is 36.8 Å². The van der Waals surface area contributed by atoms with Crippen molar-refractivity contribution in [2.24, 2.45) is 0 Å². The Hall–Kier alpha value is -3.01. The predicted molar refractivity (Wildman–Crippen MR) is 98.6 cm³/mol. The third kappa shape index (κ3) is 3.55. The molecule has 10 heteroatoms. The van der Waals surface area contributed by atoms with E-state index in [1.54, 1.807) is 6.07 Å². The number of alkyl halides is 3. The van der Waals surface area contributed by atoms with Gasteiger partial charge < -0.3 is 9.84 Å². The number of methoxy groups -OCH3 is 1. The van der Waals surface area contributed by atoms with E-state index in [9.17, 15) is 31.5 Å². The van der Waals surface area contributed by atoms with Crippen LogP contribution in [0.25, 0.3) is 10.9 Å². The van der Waals surface area contributed by atoms with Crippen molar-refractivity contribution in [2.75, 3.05) is 7.11 Å². The van der Waals surface area contributed by atoms with E-state index in [2.05, 4.69) is 0 Å². The summed E-state index contributed by atoms with van der Waals surface area (Å²) in [6, 6.07) is 8.89. The second-order valence-electron chi connectivity index (χ2n) is 6.28. The minimum absolute atomic E-state index is 0.0210. The Kier molecular flexibility index (Phi) is 5.08. The van der Waals surface area contributed by atoms with Gasteiger partial charge in [-0.15, -0.1) is 0 Å². The molecule has 2 aromatic carbocycles. The van der Waals surface area contributed by atoms with Crippen molar-refractivity contribution in [1.29, 1.82) is 0 Å². The first-order chi connectivity index (χ1) is 13.5. The summed E-state index contributed by atoms with van der Waals surface area (Å²) in [5, 5.41) is 9.28. The zero-order valence-electron chi connectivity index (χ0n) is 15.3. The van der Waals surface area contributed by atoms with Gasteiger partial charge in [0.15, 0.2) is 0 Å². The van der Waals surface area contributed by atoms with E-state index in [0.29, 0.717) is 6.07 Å². The lowest BCUT2D eigenvalue weighted by Gasteiger charge is -2.14. The Morgan fingerprint density at radius 2 is 1.79 bits per heavy atom. The van der Waals surface area contributed by atoms with Crippen LogP contribution >= 0.6 is 0 Å². The Labute approximate surface area is 164 Å². The molecule has 0 aliphatic heterocycles. The number of carboxylic acids is 1. The van der Waals surface area contributed by atoms with Crippen molar-refractivity contribution in [1.82, 2.24) is 3.97 Å². The molecule has 0 aliphatic rings. The highest BCUT2D eigenvalue weighted by Gasteiger charge is 2.36. The van der Waals surface area contributed by atoms with E-state index in [1.807, 2.05) is 0 Å². The topological polar surface area (TPSA) is 85.6 Å². The average Bonchev–Trinajstić information content (AvgIpc) is 2.92. The van der Waals surface area contributed by atoms with Crippen molar-refractivity contribution in [3.63, 3.8) is 0 Å². The van der Waals surface area contributed by atoms with Gasteiger partial charge in [0.05, 0.1) is 29.5 Å². The van der Waals surface area contributed by atoms with Gasteiger partial charge in [0.2, 0.25) is 0 Å². The molecule has 0 spiro atoms. The molecule has 3 aromatic rings. The van der Waals surface area contributed by atoms with E-state index < -0.39 is 39.9 Å². The highest BCUT2D eigenvalue weighted by molar-refractivity contribution is 7.90. The molecule has 3 rings (SSSR count). The van der Waals surface area contributed by atoms with Crippen LogP contribution in [0.5, 0.6) is 5.75 Å². The normalized spacial score (nSPS) is 12.3. The minimum atomic E-state index is -4.80. The third-order valence-electron chi connectivity index (χ3n) is 4.52. The Balaban J connectivity index is 2.46. The van der Waals surface area contributed by atoms with E-state index in [1.165, 1.54) is 31.2 Å². The van der Waals surface area contributed by atoms with Gasteiger partial charge >= 0.3 is 12.1 Å². The highest BCUT2D eigenvalue weighted by Crippen LogP contribution is 2.41. The fraction of sp³-hybridized carbons (Fsp3) is 0.211. The maximum absolute atomic E-state index is 13.5. The van der Waals surface area contributed by atoms with Crippen molar-refractivity contribution < 1.29 is 36.2 Å². The monoisotopic (exact) mass is 427 g/mol. The maximum atomic E-state index is 13.5. The Morgan fingerprint density at radius 1 is 1.17 bits per heavy atom. The van der Waals surface area contributed by atoms with E-state index >= 15 is 0 Å². The number of nitrogens with zero attached hydrogens (tertiary/aromatic N) is 1. The second kappa shape index (κ2) is 7.11. The van der Waals surface area contributed by atoms with Crippen LogP contribution in [0.4, 0.5) is 13.2 Å². The summed E-state index contributed by atoms with van der Waals surface area (Å²) in [6.45, 7) is 1.36. The molecule has 1 N–H and O–H groups in total. The van der Waals surface area contributed by atoms with Crippen LogP contribution in [0.2, 0.25) is 0 Å². The molecule has 154 valence electrons. The van der Waals surface area contributed by atoms with Gasteiger partial charge in [-0.3, -0.25) is 4.79 Å². The van der Waals surface area contributed by atoms with Gasteiger partial charge in [0, 0.05) is 11.1 Å². The summed E-state index contributed by atoms with van der Waals surface area (Å²) in [5.41, 5.74) is -1.31. The van der Waals surface area contributed by atoms with Crippen molar-refractivity contribution in [3.05, 3.63) is 59.3 Å². The average molecular weight is 427 g/mol. The van der Waals surface area contributed by atoms with Crippen LogP contribution < -0.4 is 4.74 Å². The first-order valence-electron chi connectivity index (χ1n) is 8.30. The number of ether oxygens (including phenoxy) is 1. The van der Waals surface area contributed by atoms with Gasteiger partial charge in [-0.1, -0.05) is 18.2 Å². The lowest BCUT2D eigenvalue weighted by atomic mass is 10.0. The molecule has 1 heterocycles. The summed E-state index contributed by atoms with van der Waals surface area (Å²) in [4.78, 5) is 11.2. The molecule has 6 nitrogen and oxygen atoms in total. The lowest BCUT2D eigenvalue weighted by Crippen LogP contribution is -2.15. The van der Waals surface area contributed by atoms with Crippen LogP contribution in [-0.2, 0) is 27.4 Å². The largest absolute Gasteiger partial charge is 0.496 e. The van der Waals surface area contributed by atoms with Gasteiger partial charge in [0.1, 0.15) is 5.75 Å². The van der Waals surface area contributed by atoms with Crippen LogP contribution in [0, 0.1) is 6.92 Å². The number of hydrogen-bond donors (Lipinski definition) is 1. The SMILES string of the molecule is COc1cc2c(CC(=O)O)c(C)n(S(=O)(=O)c3ccccc3)c2cc1C(F)(F)F. The van der Waals surface area contributed by atoms with Crippen LogP contribution in [-0.4, -0.2) is 30.6 Å². The molecule has 1 aromatic heterocycles. The molecule has 0 radical (unpaired) electrons. The molecule has 29 heavy (non-hydrogen) atoms. The third-order valence-corrected chi connectivity index (χ3v) is 6.34. The molecule has 0 aliphatic carbocycles. The first-order valence-corrected chi connectivity index (χ1v) is 9.74. The molecular formula is C19H16F3NO5S. The number of halogens is 3. The number of carboxylic acid groups (broad SMARTS) is 1.